The summed E-state index contributed by atoms with van der Waals surface area (Å²) in [7, 11) is 0. The van der Waals surface area contributed by atoms with Gasteiger partial charge >= 0.3 is 0 Å². The first kappa shape index (κ1) is 12.5. The third-order valence-corrected chi connectivity index (χ3v) is 4.10. The van der Waals surface area contributed by atoms with E-state index >= 15 is 0 Å². The summed E-state index contributed by atoms with van der Waals surface area (Å²) in [6, 6.07) is 5.55. The van der Waals surface area contributed by atoms with Crippen molar-refractivity contribution in [3.05, 3.63) is 23.8 Å². The summed E-state index contributed by atoms with van der Waals surface area (Å²) < 4.78 is 11.4. The quantitative estimate of drug-likeness (QED) is 0.765. The molecule has 0 bridgehead atoms. The molecule has 1 heterocycles. The molecule has 1 saturated carbocycles. The van der Waals surface area contributed by atoms with Gasteiger partial charge in [-0.1, -0.05) is 20.8 Å². The number of ether oxygens (including phenoxy) is 2. The summed E-state index contributed by atoms with van der Waals surface area (Å²) in [5.41, 5.74) is 0.905. The maximum Gasteiger partial charge on any atom is 0.166 e. The van der Waals surface area contributed by atoms with Crippen LogP contribution in [0.5, 0.6) is 11.5 Å². The summed E-state index contributed by atoms with van der Waals surface area (Å²) in [6.45, 7) is 7.67. The van der Waals surface area contributed by atoms with E-state index in [1.54, 1.807) is 0 Å². The van der Waals surface area contributed by atoms with Crippen LogP contribution in [0, 0.1) is 17.3 Å². The van der Waals surface area contributed by atoms with Gasteiger partial charge < -0.3 is 9.47 Å². The number of hydrogen-bond acceptors (Lipinski definition) is 3. The van der Waals surface area contributed by atoms with Crippen molar-refractivity contribution in [3.8, 4) is 11.5 Å². The first-order valence-electron chi connectivity index (χ1n) is 6.91. The van der Waals surface area contributed by atoms with Gasteiger partial charge in [0.1, 0.15) is 0 Å². The molecule has 1 aliphatic heterocycles. The van der Waals surface area contributed by atoms with Crippen LogP contribution in [0.2, 0.25) is 0 Å². The van der Waals surface area contributed by atoms with Crippen molar-refractivity contribution in [2.75, 3.05) is 13.2 Å². The van der Waals surface area contributed by atoms with Gasteiger partial charge in [-0.25, -0.2) is 0 Å². The second kappa shape index (κ2) is 4.26. The summed E-state index contributed by atoms with van der Waals surface area (Å²) in [5.74, 6) is 2.21. The molecule has 1 fully saturated rings. The molecule has 2 atom stereocenters. The molecule has 3 heteroatoms. The first-order valence-corrected chi connectivity index (χ1v) is 6.91. The zero-order valence-corrected chi connectivity index (χ0v) is 11.7. The molecule has 1 aromatic carbocycles. The van der Waals surface area contributed by atoms with Gasteiger partial charge in [-0.3, -0.25) is 4.79 Å². The largest absolute Gasteiger partial charge is 0.489 e. The number of carbonyl (C=O) groups excluding carboxylic acids is 1. The second-order valence-corrected chi connectivity index (χ2v) is 6.50. The lowest BCUT2D eigenvalue weighted by atomic mass is 10.0. The fourth-order valence-corrected chi connectivity index (χ4v) is 2.52. The lowest BCUT2D eigenvalue weighted by molar-refractivity contribution is 0.0953. The molecule has 3 rings (SSSR count). The van der Waals surface area contributed by atoms with E-state index in [1.165, 1.54) is 0 Å². The van der Waals surface area contributed by atoms with Gasteiger partial charge in [-0.15, -0.1) is 0 Å². The lowest BCUT2D eigenvalue weighted by Gasteiger charge is -2.09. The number of ketones is 1. The molecule has 102 valence electrons. The summed E-state index contributed by atoms with van der Waals surface area (Å²) in [4.78, 5) is 12.4. The normalized spacial score (nSPS) is 27.5. The molecule has 0 radical (unpaired) electrons. The van der Waals surface area contributed by atoms with Crippen molar-refractivity contribution < 1.29 is 14.3 Å². The number of hydrogen-bond donors (Lipinski definition) is 0. The minimum atomic E-state index is 0.162. The predicted octanol–water partition coefficient (Wildman–Crippen LogP) is 3.32. The van der Waals surface area contributed by atoms with Gasteiger partial charge in [0.05, 0.1) is 13.2 Å². The highest BCUT2D eigenvalue weighted by Gasteiger charge is 2.50. The predicted molar refractivity (Wildman–Crippen MR) is 72.8 cm³/mol. The molecule has 1 aliphatic carbocycles. The van der Waals surface area contributed by atoms with Crippen molar-refractivity contribution in [3.63, 3.8) is 0 Å². The van der Waals surface area contributed by atoms with Crippen molar-refractivity contribution in [1.29, 1.82) is 0 Å². The Morgan fingerprint density at radius 2 is 1.84 bits per heavy atom. The molecular formula is C16H20O3. The van der Waals surface area contributed by atoms with Crippen LogP contribution in [0.25, 0.3) is 0 Å². The van der Waals surface area contributed by atoms with Crippen LogP contribution in [0.1, 0.15) is 37.6 Å². The molecule has 0 aromatic heterocycles. The minimum Gasteiger partial charge on any atom is -0.489 e. The third kappa shape index (κ3) is 2.34. The second-order valence-electron chi connectivity index (χ2n) is 6.50. The zero-order valence-electron chi connectivity index (χ0n) is 11.7. The van der Waals surface area contributed by atoms with Crippen LogP contribution in [0.15, 0.2) is 18.2 Å². The Morgan fingerprint density at radius 1 is 1.21 bits per heavy atom. The van der Waals surface area contributed by atoms with Crippen LogP contribution >= 0.6 is 0 Å². The number of rotatable bonds is 2. The lowest BCUT2D eigenvalue weighted by Crippen LogP contribution is -2.12. The molecular weight excluding hydrogens is 240 g/mol. The number of fused-ring (bicyclic) bond motifs is 1. The molecule has 0 spiro atoms. The summed E-state index contributed by atoms with van der Waals surface area (Å²) >= 11 is 0. The van der Waals surface area contributed by atoms with E-state index in [0.717, 1.165) is 17.7 Å². The molecule has 0 amide bonds. The maximum atomic E-state index is 12.4. The number of benzene rings is 1. The van der Waals surface area contributed by atoms with Crippen LogP contribution < -0.4 is 9.47 Å². The van der Waals surface area contributed by atoms with Crippen LogP contribution in [0.3, 0.4) is 0 Å². The molecule has 19 heavy (non-hydrogen) atoms. The van der Waals surface area contributed by atoms with Crippen molar-refractivity contribution in [2.45, 2.75) is 27.2 Å². The fourth-order valence-electron chi connectivity index (χ4n) is 2.52. The Kier molecular flexibility index (Phi) is 2.80. The molecule has 0 N–H and O–H groups in total. The monoisotopic (exact) mass is 260 g/mol. The highest BCUT2D eigenvalue weighted by molar-refractivity contribution is 6.00. The molecule has 1 aromatic rings. The van der Waals surface area contributed by atoms with Crippen LogP contribution in [-0.4, -0.2) is 19.0 Å². The average molecular weight is 260 g/mol. The maximum absolute atomic E-state index is 12.4. The Balaban J connectivity index is 1.84. The van der Waals surface area contributed by atoms with Crippen molar-refractivity contribution >= 4 is 5.78 Å². The Hall–Kier alpha value is -1.51. The number of carbonyl (C=O) groups is 1. The molecule has 3 nitrogen and oxygen atoms in total. The smallest absolute Gasteiger partial charge is 0.166 e. The van der Waals surface area contributed by atoms with E-state index < -0.39 is 0 Å². The average Bonchev–Trinajstić information content (AvgIpc) is 3.06. The van der Waals surface area contributed by atoms with Gasteiger partial charge in [-0.2, -0.15) is 0 Å². The highest BCUT2D eigenvalue weighted by Crippen LogP contribution is 2.53. The molecule has 0 saturated heterocycles. The van der Waals surface area contributed by atoms with Crippen LogP contribution in [-0.2, 0) is 0 Å². The van der Waals surface area contributed by atoms with Gasteiger partial charge in [0, 0.05) is 17.4 Å². The molecule has 2 unspecified atom stereocenters. The van der Waals surface area contributed by atoms with E-state index in [2.05, 4.69) is 20.8 Å². The van der Waals surface area contributed by atoms with E-state index in [4.69, 9.17) is 9.47 Å². The van der Waals surface area contributed by atoms with Crippen molar-refractivity contribution in [2.24, 2.45) is 17.3 Å². The van der Waals surface area contributed by atoms with E-state index in [9.17, 15) is 4.79 Å². The fraction of sp³-hybridized carbons (Fsp3) is 0.562. The van der Waals surface area contributed by atoms with Gasteiger partial charge in [0.25, 0.3) is 0 Å². The Labute approximate surface area is 113 Å². The topological polar surface area (TPSA) is 35.5 Å². The summed E-state index contributed by atoms with van der Waals surface area (Å²) in [6.07, 6.45) is 0.983. The van der Waals surface area contributed by atoms with Crippen LogP contribution in [0.4, 0.5) is 0 Å². The minimum absolute atomic E-state index is 0.162. The van der Waals surface area contributed by atoms with Gasteiger partial charge in [0.15, 0.2) is 17.3 Å². The highest BCUT2D eigenvalue weighted by atomic mass is 16.5. The number of Topliss-reactive ketones (excluding diaryl/α,β-unsaturated/α-hetero) is 1. The van der Waals surface area contributed by atoms with Gasteiger partial charge in [0.2, 0.25) is 0 Å². The van der Waals surface area contributed by atoms with E-state index in [1.807, 2.05) is 18.2 Å². The Bertz CT molecular complexity index is 519. The Morgan fingerprint density at radius 3 is 2.47 bits per heavy atom. The summed E-state index contributed by atoms with van der Waals surface area (Å²) in [5, 5.41) is 0. The first-order chi connectivity index (χ1) is 8.97. The third-order valence-electron chi connectivity index (χ3n) is 4.10. The SMILES string of the molecule is CC1COc2ccc(C(=O)C3CC3(C)C)cc2OC1. The zero-order chi connectivity index (χ0) is 13.6. The standard InChI is InChI=1S/C16H20O3/c1-10-8-18-13-5-4-11(6-14(13)19-9-10)15(17)12-7-16(12,2)3/h4-6,10,12H,7-9H2,1-3H3. The van der Waals surface area contributed by atoms with E-state index in [0.29, 0.717) is 24.9 Å². The molecule has 2 aliphatic rings. The van der Waals surface area contributed by atoms with Gasteiger partial charge in [-0.05, 0) is 30.0 Å². The van der Waals surface area contributed by atoms with E-state index in [-0.39, 0.29) is 17.1 Å². The van der Waals surface area contributed by atoms with Crippen molar-refractivity contribution in [1.82, 2.24) is 0 Å².